The second-order valence-corrected chi connectivity index (χ2v) is 8.66. The van der Waals surface area contributed by atoms with E-state index in [0.29, 0.717) is 19.4 Å². The van der Waals surface area contributed by atoms with Crippen molar-refractivity contribution in [3.05, 3.63) is 83.9 Å². The van der Waals surface area contributed by atoms with E-state index < -0.39 is 11.5 Å². The minimum absolute atomic E-state index is 0.226. The predicted octanol–water partition coefficient (Wildman–Crippen LogP) is 3.45. The Balaban J connectivity index is 1.52. The number of hydrogen-bond donors (Lipinski definition) is 1. The molecule has 0 saturated carbocycles. The summed E-state index contributed by atoms with van der Waals surface area (Å²) in [5.74, 6) is -1.42. The Kier molecular flexibility index (Phi) is 5.77. The van der Waals surface area contributed by atoms with Gasteiger partial charge in [-0.2, -0.15) is 0 Å². The van der Waals surface area contributed by atoms with E-state index in [1.165, 1.54) is 4.90 Å². The number of allylic oxidation sites excluding steroid dienone is 2. The molecule has 0 unspecified atom stereocenters. The molecular formula is C26H28N2O3. The highest BCUT2D eigenvalue weighted by molar-refractivity contribution is 6.08. The van der Waals surface area contributed by atoms with Crippen molar-refractivity contribution in [3.8, 4) is 0 Å². The topological polar surface area (TPSA) is 66.5 Å². The highest BCUT2D eigenvalue weighted by Gasteiger charge is 2.50. The number of nitrogens with one attached hydrogen (secondary N) is 1. The molecule has 0 aromatic heterocycles. The lowest BCUT2D eigenvalue weighted by atomic mass is 9.76. The summed E-state index contributed by atoms with van der Waals surface area (Å²) in [6, 6.07) is 19.2. The highest BCUT2D eigenvalue weighted by atomic mass is 16.2. The van der Waals surface area contributed by atoms with Crippen LogP contribution in [0.5, 0.6) is 0 Å². The number of carbonyl (C=O) groups excluding carboxylic acids is 3. The van der Waals surface area contributed by atoms with Crippen LogP contribution < -0.4 is 5.32 Å². The molecule has 0 bridgehead atoms. The van der Waals surface area contributed by atoms with Gasteiger partial charge < -0.3 is 5.32 Å². The number of benzene rings is 2. The van der Waals surface area contributed by atoms with Gasteiger partial charge in [0.15, 0.2) is 0 Å². The summed E-state index contributed by atoms with van der Waals surface area (Å²) in [6.45, 7) is 4.09. The molecule has 3 amide bonds. The van der Waals surface area contributed by atoms with E-state index in [1.807, 2.05) is 72.8 Å². The predicted molar refractivity (Wildman–Crippen MR) is 119 cm³/mol. The van der Waals surface area contributed by atoms with Gasteiger partial charge in [-0.3, -0.25) is 19.3 Å². The number of hydrogen-bond acceptors (Lipinski definition) is 3. The molecule has 1 saturated heterocycles. The van der Waals surface area contributed by atoms with Crippen molar-refractivity contribution in [1.82, 2.24) is 10.2 Å². The van der Waals surface area contributed by atoms with Gasteiger partial charge in [0.2, 0.25) is 17.7 Å². The van der Waals surface area contributed by atoms with Crippen molar-refractivity contribution in [3.63, 3.8) is 0 Å². The van der Waals surface area contributed by atoms with Gasteiger partial charge in [-0.05, 0) is 37.8 Å². The molecule has 1 fully saturated rings. The van der Waals surface area contributed by atoms with Crippen molar-refractivity contribution in [2.24, 2.45) is 11.8 Å². The van der Waals surface area contributed by atoms with E-state index in [-0.39, 0.29) is 29.6 Å². The van der Waals surface area contributed by atoms with Gasteiger partial charge >= 0.3 is 0 Å². The number of amides is 3. The molecule has 5 nitrogen and oxygen atoms in total. The highest BCUT2D eigenvalue weighted by Crippen LogP contribution is 2.36. The van der Waals surface area contributed by atoms with E-state index in [2.05, 4.69) is 12.2 Å². The fourth-order valence-corrected chi connectivity index (χ4v) is 4.72. The van der Waals surface area contributed by atoms with Crippen LogP contribution in [-0.2, 0) is 19.8 Å². The molecule has 1 aliphatic carbocycles. The van der Waals surface area contributed by atoms with Crippen LogP contribution >= 0.6 is 0 Å². The zero-order valence-corrected chi connectivity index (χ0v) is 18.0. The number of carbonyl (C=O) groups is 3. The summed E-state index contributed by atoms with van der Waals surface area (Å²) in [5.41, 5.74) is 1.72. The number of nitrogens with zero attached hydrogens (tertiary/aromatic N) is 1. The monoisotopic (exact) mass is 416 g/mol. The molecule has 1 heterocycles. The molecular weight excluding hydrogens is 388 g/mol. The first-order chi connectivity index (χ1) is 14.9. The molecule has 160 valence electrons. The zero-order valence-electron chi connectivity index (χ0n) is 18.0. The third-order valence-electron chi connectivity index (χ3n) is 6.75. The fraction of sp³-hybridized carbons (Fsp3) is 0.346. The average Bonchev–Trinajstić information content (AvgIpc) is 3.08. The summed E-state index contributed by atoms with van der Waals surface area (Å²) in [5, 5.41) is 3.02. The lowest BCUT2D eigenvalue weighted by Crippen LogP contribution is -2.50. The molecule has 0 spiro atoms. The van der Waals surface area contributed by atoms with Crippen molar-refractivity contribution in [1.29, 1.82) is 0 Å². The lowest BCUT2D eigenvalue weighted by Gasteiger charge is -2.32. The van der Waals surface area contributed by atoms with Crippen molar-refractivity contribution in [2.75, 3.05) is 6.54 Å². The molecule has 1 aliphatic heterocycles. The first-order valence-corrected chi connectivity index (χ1v) is 10.8. The van der Waals surface area contributed by atoms with Crippen molar-refractivity contribution >= 4 is 17.7 Å². The van der Waals surface area contributed by atoms with Gasteiger partial charge in [-0.25, -0.2) is 0 Å². The van der Waals surface area contributed by atoms with Crippen LogP contribution in [0.1, 0.15) is 37.8 Å². The Hall–Kier alpha value is -3.21. The number of rotatable bonds is 6. The summed E-state index contributed by atoms with van der Waals surface area (Å²) < 4.78 is 0. The maximum Gasteiger partial charge on any atom is 0.243 e. The van der Waals surface area contributed by atoms with E-state index in [9.17, 15) is 14.4 Å². The van der Waals surface area contributed by atoms with E-state index >= 15 is 0 Å². The molecule has 2 aromatic carbocycles. The van der Waals surface area contributed by atoms with Crippen molar-refractivity contribution in [2.45, 2.75) is 38.1 Å². The Bertz CT molecular complexity index is 934. The van der Waals surface area contributed by atoms with Crippen LogP contribution in [0.2, 0.25) is 0 Å². The number of fused-ring (bicyclic) bond motifs is 1. The Morgan fingerprint density at radius 2 is 1.39 bits per heavy atom. The second kappa shape index (κ2) is 8.50. The molecule has 2 aromatic rings. The summed E-state index contributed by atoms with van der Waals surface area (Å²) in [7, 11) is 0. The molecule has 2 aliphatic rings. The molecule has 3 atom stereocenters. The normalized spacial score (nSPS) is 21.7. The van der Waals surface area contributed by atoms with Gasteiger partial charge in [-0.15, -0.1) is 0 Å². The van der Waals surface area contributed by atoms with Gasteiger partial charge in [0.05, 0.1) is 11.8 Å². The second-order valence-electron chi connectivity index (χ2n) is 8.66. The van der Waals surface area contributed by atoms with Crippen LogP contribution in [-0.4, -0.2) is 35.2 Å². The van der Waals surface area contributed by atoms with Crippen LogP contribution in [0, 0.1) is 11.8 Å². The van der Waals surface area contributed by atoms with Crippen molar-refractivity contribution < 1.29 is 14.4 Å². The van der Waals surface area contributed by atoms with Crippen LogP contribution in [0.25, 0.3) is 0 Å². The largest absolute Gasteiger partial charge is 0.353 e. The fourth-order valence-electron chi connectivity index (χ4n) is 4.72. The van der Waals surface area contributed by atoms with Gasteiger partial charge in [-0.1, -0.05) is 72.8 Å². The average molecular weight is 417 g/mol. The van der Waals surface area contributed by atoms with E-state index in [1.54, 1.807) is 6.92 Å². The SMILES string of the molecule is C[C@@H](C(=O)NCC(C)(c1ccccc1)c1ccccc1)N1C(=O)[C@H]2CC=CC[C@H]2C1=O. The Morgan fingerprint density at radius 1 is 0.935 bits per heavy atom. The first kappa shape index (κ1) is 21.0. The van der Waals surface area contributed by atoms with Gasteiger partial charge in [0.25, 0.3) is 0 Å². The molecule has 0 radical (unpaired) electrons. The van der Waals surface area contributed by atoms with Gasteiger partial charge in [0.1, 0.15) is 6.04 Å². The maximum atomic E-state index is 13.1. The summed E-state index contributed by atoms with van der Waals surface area (Å²) in [4.78, 5) is 39.9. The standard InChI is InChI=1S/C26H28N2O3/c1-18(28-24(30)21-15-9-10-16-22(21)25(28)31)23(29)27-17-26(2,19-11-5-3-6-12-19)20-13-7-4-8-14-20/h3-14,18,21-22H,15-17H2,1-2H3,(H,27,29)/t18-,21-,22+/m0/s1. The van der Waals surface area contributed by atoms with Crippen LogP contribution in [0.4, 0.5) is 0 Å². The third kappa shape index (κ3) is 3.80. The number of likely N-dealkylation sites (tertiary alicyclic amines) is 1. The Morgan fingerprint density at radius 3 is 1.84 bits per heavy atom. The van der Waals surface area contributed by atoms with Crippen LogP contribution in [0.3, 0.4) is 0 Å². The first-order valence-electron chi connectivity index (χ1n) is 10.8. The minimum atomic E-state index is -0.832. The van der Waals surface area contributed by atoms with Crippen LogP contribution in [0.15, 0.2) is 72.8 Å². The Labute approximate surface area is 183 Å². The zero-order chi connectivity index (χ0) is 22.0. The molecule has 31 heavy (non-hydrogen) atoms. The quantitative estimate of drug-likeness (QED) is 0.579. The maximum absolute atomic E-state index is 13.1. The number of imide groups is 1. The third-order valence-corrected chi connectivity index (χ3v) is 6.75. The van der Waals surface area contributed by atoms with E-state index in [4.69, 9.17) is 0 Å². The molecule has 1 N–H and O–H groups in total. The van der Waals surface area contributed by atoms with Gasteiger partial charge in [0, 0.05) is 12.0 Å². The minimum Gasteiger partial charge on any atom is -0.353 e. The lowest BCUT2D eigenvalue weighted by molar-refractivity contribution is -0.147. The van der Waals surface area contributed by atoms with E-state index in [0.717, 1.165) is 11.1 Å². The molecule has 4 rings (SSSR count). The summed E-state index contributed by atoms with van der Waals surface area (Å²) >= 11 is 0. The molecule has 5 heteroatoms. The smallest absolute Gasteiger partial charge is 0.243 e. The summed E-state index contributed by atoms with van der Waals surface area (Å²) in [6.07, 6.45) is 5.04.